The third-order valence-corrected chi connectivity index (χ3v) is 6.75. The average Bonchev–Trinajstić information content (AvgIpc) is 3.68. The van der Waals surface area contributed by atoms with Crippen molar-refractivity contribution < 1.29 is 14.1 Å². The summed E-state index contributed by atoms with van der Waals surface area (Å²) in [5.74, 6) is 1.23. The highest BCUT2D eigenvalue weighted by Gasteiger charge is 2.35. The lowest BCUT2D eigenvalue weighted by atomic mass is 9.93. The van der Waals surface area contributed by atoms with Gasteiger partial charge in [-0.05, 0) is 57.9 Å². The maximum atomic E-state index is 12.7. The molecule has 0 aromatic carbocycles. The van der Waals surface area contributed by atoms with E-state index < -0.39 is 0 Å². The topological polar surface area (TPSA) is 78.7 Å². The van der Waals surface area contributed by atoms with Crippen LogP contribution in [0.2, 0.25) is 0 Å². The average molecular weight is 386 g/mol. The molecule has 0 spiro atoms. The van der Waals surface area contributed by atoms with Crippen LogP contribution in [0.15, 0.2) is 10.6 Å². The number of carbonyl (C=O) groups is 2. The van der Waals surface area contributed by atoms with Crippen LogP contribution >= 0.6 is 0 Å². The Bertz CT molecular complexity index is 732. The van der Waals surface area contributed by atoms with Crippen LogP contribution in [-0.4, -0.2) is 65.0 Å². The fourth-order valence-electron chi connectivity index (χ4n) is 4.65. The first-order valence-corrected chi connectivity index (χ1v) is 11.0. The van der Waals surface area contributed by atoms with Gasteiger partial charge < -0.3 is 14.7 Å². The lowest BCUT2D eigenvalue weighted by molar-refractivity contribution is -0.127. The van der Waals surface area contributed by atoms with Crippen LogP contribution in [0, 0.1) is 5.92 Å². The molecule has 2 aliphatic carbocycles. The van der Waals surface area contributed by atoms with Crippen molar-refractivity contribution in [3.63, 3.8) is 0 Å². The number of amides is 2. The van der Waals surface area contributed by atoms with E-state index in [4.69, 9.17) is 4.52 Å². The minimum atomic E-state index is -0.0295. The van der Waals surface area contributed by atoms with Crippen molar-refractivity contribution in [1.29, 1.82) is 0 Å². The lowest BCUT2D eigenvalue weighted by Crippen LogP contribution is -2.51. The number of likely N-dealkylation sites (tertiary alicyclic amines) is 2. The summed E-state index contributed by atoms with van der Waals surface area (Å²) in [7, 11) is 0. The fourth-order valence-corrected chi connectivity index (χ4v) is 4.65. The van der Waals surface area contributed by atoms with Gasteiger partial charge in [0.25, 0.3) is 5.91 Å². The summed E-state index contributed by atoms with van der Waals surface area (Å²) in [5.41, 5.74) is 0.932. The SMILES string of the molecule is O=C(NC1CC1)[C@H]1CCCN(C2CCN(C(=O)c3cc(C4CC4)no3)CC2)C1. The first-order chi connectivity index (χ1) is 13.7. The quantitative estimate of drug-likeness (QED) is 0.839. The van der Waals surface area contributed by atoms with Crippen molar-refractivity contribution in [2.45, 2.75) is 69.4 Å². The highest BCUT2D eigenvalue weighted by Crippen LogP contribution is 2.39. The molecule has 28 heavy (non-hydrogen) atoms. The van der Waals surface area contributed by atoms with Gasteiger partial charge in [-0.1, -0.05) is 5.16 Å². The third-order valence-electron chi connectivity index (χ3n) is 6.75. The van der Waals surface area contributed by atoms with Crippen LogP contribution in [0.4, 0.5) is 0 Å². The Kier molecular flexibility index (Phi) is 4.87. The number of rotatable bonds is 5. The number of hydrogen-bond acceptors (Lipinski definition) is 5. The molecule has 2 saturated heterocycles. The van der Waals surface area contributed by atoms with Crippen LogP contribution in [0.5, 0.6) is 0 Å². The lowest BCUT2D eigenvalue weighted by Gasteiger charge is -2.41. The predicted octanol–water partition coefficient (Wildman–Crippen LogP) is 2.15. The number of carbonyl (C=O) groups excluding carboxylic acids is 2. The monoisotopic (exact) mass is 386 g/mol. The van der Waals surface area contributed by atoms with Gasteiger partial charge in [0.15, 0.2) is 0 Å². The van der Waals surface area contributed by atoms with E-state index in [1.165, 1.54) is 0 Å². The van der Waals surface area contributed by atoms with Crippen molar-refractivity contribution >= 4 is 11.8 Å². The van der Waals surface area contributed by atoms with E-state index in [0.29, 0.717) is 23.8 Å². The Hall–Kier alpha value is -1.89. The standard InChI is InChI=1S/C21H30N4O3/c26-20(22-16-5-6-16)15-2-1-9-25(13-15)17-7-10-24(11-8-17)21(27)19-12-18(23-28-19)14-3-4-14/h12,14-17H,1-11,13H2,(H,22,26)/t15-/m0/s1. The maximum absolute atomic E-state index is 12.7. The molecular formula is C21H30N4O3. The smallest absolute Gasteiger partial charge is 0.292 e. The van der Waals surface area contributed by atoms with E-state index in [2.05, 4.69) is 15.4 Å². The van der Waals surface area contributed by atoms with E-state index in [0.717, 1.165) is 83.2 Å². The van der Waals surface area contributed by atoms with Crippen molar-refractivity contribution in [3.8, 4) is 0 Å². The molecule has 0 bridgehead atoms. The Labute approximate surface area is 165 Å². The van der Waals surface area contributed by atoms with Gasteiger partial charge in [0.1, 0.15) is 0 Å². The molecule has 152 valence electrons. The third kappa shape index (κ3) is 3.95. The van der Waals surface area contributed by atoms with Crippen LogP contribution in [0.3, 0.4) is 0 Å². The van der Waals surface area contributed by atoms with Crippen LogP contribution < -0.4 is 5.32 Å². The van der Waals surface area contributed by atoms with E-state index >= 15 is 0 Å². The molecule has 2 saturated carbocycles. The maximum Gasteiger partial charge on any atom is 0.292 e. The molecule has 7 heteroatoms. The minimum absolute atomic E-state index is 0.0295. The summed E-state index contributed by atoms with van der Waals surface area (Å²) in [6.45, 7) is 3.43. The Morgan fingerprint density at radius 3 is 2.54 bits per heavy atom. The molecule has 1 N–H and O–H groups in total. The highest BCUT2D eigenvalue weighted by atomic mass is 16.5. The van der Waals surface area contributed by atoms with Crippen LogP contribution in [0.1, 0.15) is 73.5 Å². The van der Waals surface area contributed by atoms with Crippen LogP contribution in [0.25, 0.3) is 0 Å². The summed E-state index contributed by atoms with van der Waals surface area (Å²) in [6, 6.07) is 2.74. The van der Waals surface area contributed by atoms with E-state index in [1.807, 2.05) is 11.0 Å². The molecule has 1 aromatic rings. The number of nitrogens with zero attached hydrogens (tertiary/aromatic N) is 3. The number of hydrogen-bond donors (Lipinski definition) is 1. The number of piperidine rings is 2. The second-order valence-electron chi connectivity index (χ2n) is 9.03. The molecule has 2 amide bonds. The molecule has 4 fully saturated rings. The van der Waals surface area contributed by atoms with Crippen molar-refractivity contribution in [3.05, 3.63) is 17.5 Å². The zero-order valence-corrected chi connectivity index (χ0v) is 16.4. The van der Waals surface area contributed by atoms with Crippen molar-refractivity contribution in [1.82, 2.24) is 20.3 Å². The van der Waals surface area contributed by atoms with Gasteiger partial charge >= 0.3 is 0 Å². The molecule has 1 aromatic heterocycles. The summed E-state index contributed by atoms with van der Waals surface area (Å²) >= 11 is 0. The minimum Gasteiger partial charge on any atom is -0.353 e. The summed E-state index contributed by atoms with van der Waals surface area (Å²) < 4.78 is 5.31. The van der Waals surface area contributed by atoms with E-state index in [1.54, 1.807) is 0 Å². The molecule has 1 atom stereocenters. The van der Waals surface area contributed by atoms with Gasteiger partial charge in [0.2, 0.25) is 11.7 Å². The van der Waals surface area contributed by atoms with Crippen LogP contribution in [-0.2, 0) is 4.79 Å². The van der Waals surface area contributed by atoms with Gasteiger partial charge in [-0.25, -0.2) is 0 Å². The molecule has 4 aliphatic rings. The van der Waals surface area contributed by atoms with Gasteiger partial charge in [-0.2, -0.15) is 0 Å². The zero-order chi connectivity index (χ0) is 19.1. The second kappa shape index (κ2) is 7.50. The number of aromatic nitrogens is 1. The molecule has 0 unspecified atom stereocenters. The Morgan fingerprint density at radius 2 is 1.82 bits per heavy atom. The highest BCUT2D eigenvalue weighted by molar-refractivity contribution is 5.91. The van der Waals surface area contributed by atoms with E-state index in [-0.39, 0.29) is 17.7 Å². The molecule has 2 aliphatic heterocycles. The van der Waals surface area contributed by atoms with Gasteiger partial charge in [0, 0.05) is 43.7 Å². The molecule has 3 heterocycles. The summed E-state index contributed by atoms with van der Waals surface area (Å²) in [4.78, 5) is 29.5. The molecule has 5 rings (SSSR count). The first kappa shape index (κ1) is 18.2. The van der Waals surface area contributed by atoms with Gasteiger partial charge in [-0.15, -0.1) is 0 Å². The zero-order valence-electron chi connectivity index (χ0n) is 16.4. The molecule has 0 radical (unpaired) electrons. The van der Waals surface area contributed by atoms with Gasteiger partial charge in [0.05, 0.1) is 11.6 Å². The largest absolute Gasteiger partial charge is 0.353 e. The second-order valence-corrected chi connectivity index (χ2v) is 9.03. The fraction of sp³-hybridized carbons (Fsp3) is 0.762. The number of nitrogens with one attached hydrogen (secondary N) is 1. The summed E-state index contributed by atoms with van der Waals surface area (Å²) in [6.07, 6.45) is 8.61. The first-order valence-electron chi connectivity index (χ1n) is 11.0. The predicted molar refractivity (Wildman–Crippen MR) is 103 cm³/mol. The normalized spacial score (nSPS) is 27.0. The van der Waals surface area contributed by atoms with Crippen molar-refractivity contribution in [2.24, 2.45) is 5.92 Å². The van der Waals surface area contributed by atoms with Crippen molar-refractivity contribution in [2.75, 3.05) is 26.2 Å². The van der Waals surface area contributed by atoms with E-state index in [9.17, 15) is 9.59 Å². The Balaban J connectivity index is 1.12. The Morgan fingerprint density at radius 1 is 1.04 bits per heavy atom. The van der Waals surface area contributed by atoms with Gasteiger partial charge in [-0.3, -0.25) is 14.5 Å². The molecular weight excluding hydrogens is 356 g/mol. The summed E-state index contributed by atoms with van der Waals surface area (Å²) in [5, 5.41) is 7.23. The molecule has 7 nitrogen and oxygen atoms in total.